The predicted molar refractivity (Wildman–Crippen MR) is 140 cm³/mol. The number of halogens is 1. The normalized spacial score (nSPS) is 32.2. The van der Waals surface area contributed by atoms with Crippen LogP contribution in [0.5, 0.6) is 0 Å². The third-order valence-electron chi connectivity index (χ3n) is 9.28. The van der Waals surface area contributed by atoms with Gasteiger partial charge in [0.25, 0.3) is 0 Å². The van der Waals surface area contributed by atoms with E-state index < -0.39 is 11.1 Å². The number of anilines is 2. The van der Waals surface area contributed by atoms with Crippen LogP contribution in [0.3, 0.4) is 0 Å². The molecule has 1 aliphatic carbocycles. The van der Waals surface area contributed by atoms with Gasteiger partial charge in [0.05, 0.1) is 29.5 Å². The average molecular weight is 515 g/mol. The number of hydrogen-bond donors (Lipinski definition) is 2. The third kappa shape index (κ3) is 4.07. The molecular weight excluding hydrogens is 480 g/mol. The Balaban J connectivity index is 1.16. The maximum atomic E-state index is 12.9. The highest BCUT2D eigenvalue weighted by atomic mass is 35.5. The highest BCUT2D eigenvalue weighted by molar-refractivity contribution is 6.34. The van der Waals surface area contributed by atoms with Crippen molar-refractivity contribution in [3.8, 4) is 0 Å². The van der Waals surface area contributed by atoms with Crippen molar-refractivity contribution in [1.82, 2.24) is 9.88 Å². The zero-order valence-electron chi connectivity index (χ0n) is 21.1. The molecule has 3 aliphatic heterocycles. The summed E-state index contributed by atoms with van der Waals surface area (Å²) < 4.78 is 11.1. The van der Waals surface area contributed by atoms with E-state index >= 15 is 0 Å². The SMILES string of the molecule is CC1(O)COCC1(C)N1CCN(c2cc3cc(NC(=O)C4CC45CCOCC5)ncc3cc2Cl)CC1. The van der Waals surface area contributed by atoms with Gasteiger partial charge in [0.15, 0.2) is 0 Å². The van der Waals surface area contributed by atoms with E-state index in [1.807, 2.05) is 19.1 Å². The van der Waals surface area contributed by atoms with Gasteiger partial charge in [-0.1, -0.05) is 11.6 Å². The number of nitrogens with zero attached hydrogens (tertiary/aromatic N) is 3. The fourth-order valence-electron chi connectivity index (χ4n) is 6.36. The second-order valence-corrected chi connectivity index (χ2v) is 11.9. The van der Waals surface area contributed by atoms with Crippen LogP contribution in [0, 0.1) is 11.3 Å². The number of aromatic nitrogens is 1. The minimum absolute atomic E-state index is 0.0591. The summed E-state index contributed by atoms with van der Waals surface area (Å²) in [6.45, 7) is 9.60. The second-order valence-electron chi connectivity index (χ2n) is 11.5. The summed E-state index contributed by atoms with van der Waals surface area (Å²) in [5, 5.41) is 16.6. The third-order valence-corrected chi connectivity index (χ3v) is 9.58. The van der Waals surface area contributed by atoms with Gasteiger partial charge < -0.3 is 24.8 Å². The molecule has 9 heteroatoms. The first-order chi connectivity index (χ1) is 17.2. The second kappa shape index (κ2) is 8.81. The molecule has 0 radical (unpaired) electrons. The first-order valence-electron chi connectivity index (χ1n) is 13.0. The highest BCUT2D eigenvalue weighted by Gasteiger charge is 2.58. The van der Waals surface area contributed by atoms with Gasteiger partial charge in [-0.25, -0.2) is 4.98 Å². The largest absolute Gasteiger partial charge is 0.386 e. The van der Waals surface area contributed by atoms with E-state index in [1.54, 1.807) is 6.20 Å². The summed E-state index contributed by atoms with van der Waals surface area (Å²) >= 11 is 6.71. The molecule has 3 atom stereocenters. The van der Waals surface area contributed by atoms with Crippen molar-refractivity contribution in [2.75, 3.05) is 62.8 Å². The van der Waals surface area contributed by atoms with Crippen molar-refractivity contribution < 1.29 is 19.4 Å². The fourth-order valence-corrected chi connectivity index (χ4v) is 6.65. The van der Waals surface area contributed by atoms with Gasteiger partial charge in [-0.05, 0) is 62.1 Å². The number of aliphatic hydroxyl groups is 1. The van der Waals surface area contributed by atoms with E-state index in [0.29, 0.717) is 24.1 Å². The highest BCUT2D eigenvalue weighted by Crippen LogP contribution is 2.59. The molecule has 2 aromatic rings. The number of hydrogen-bond acceptors (Lipinski definition) is 7. The maximum absolute atomic E-state index is 12.9. The van der Waals surface area contributed by atoms with Gasteiger partial charge in [-0.15, -0.1) is 0 Å². The smallest absolute Gasteiger partial charge is 0.229 e. The van der Waals surface area contributed by atoms with Crippen LogP contribution in [0.2, 0.25) is 5.02 Å². The van der Waals surface area contributed by atoms with Crippen molar-refractivity contribution in [2.45, 2.75) is 44.2 Å². The van der Waals surface area contributed by atoms with E-state index in [-0.39, 0.29) is 17.2 Å². The summed E-state index contributed by atoms with van der Waals surface area (Å²) in [5.74, 6) is 0.703. The molecular formula is C27H35ClN4O4. The van der Waals surface area contributed by atoms with Crippen LogP contribution in [0.15, 0.2) is 24.4 Å². The molecule has 4 fully saturated rings. The molecule has 4 heterocycles. The number of amides is 1. The average Bonchev–Trinajstić information content (AvgIpc) is 3.48. The Morgan fingerprint density at radius 1 is 1.08 bits per heavy atom. The molecule has 4 aliphatic rings. The summed E-state index contributed by atoms with van der Waals surface area (Å²) in [6.07, 6.45) is 4.66. The minimum Gasteiger partial charge on any atom is -0.386 e. The van der Waals surface area contributed by atoms with Crippen molar-refractivity contribution >= 4 is 39.8 Å². The summed E-state index contributed by atoms with van der Waals surface area (Å²) in [4.78, 5) is 22.0. The van der Waals surface area contributed by atoms with Crippen LogP contribution in [0.25, 0.3) is 10.8 Å². The maximum Gasteiger partial charge on any atom is 0.229 e. The Morgan fingerprint density at radius 2 is 1.83 bits per heavy atom. The summed E-state index contributed by atoms with van der Waals surface area (Å²) in [7, 11) is 0. The molecule has 1 amide bonds. The molecule has 8 nitrogen and oxygen atoms in total. The number of benzene rings is 1. The predicted octanol–water partition coefficient (Wildman–Crippen LogP) is 3.31. The fraction of sp³-hybridized carbons (Fsp3) is 0.630. The zero-order valence-corrected chi connectivity index (χ0v) is 21.8. The monoisotopic (exact) mass is 514 g/mol. The van der Waals surface area contributed by atoms with Crippen molar-refractivity contribution in [1.29, 1.82) is 0 Å². The molecule has 0 bridgehead atoms. The standard InChI is InChI=1S/C27H35ClN4O4/c1-25(16-36-17-26(25,2)34)32-7-5-31(6-8-32)22-12-18-13-23(29-15-19(18)11-21(22)28)30-24(33)20-14-27(20)3-9-35-10-4-27/h11-13,15,20,34H,3-10,14,16-17H2,1-2H3,(H,29,30,33). The van der Waals surface area contributed by atoms with Gasteiger partial charge >= 0.3 is 0 Å². The number of carbonyl (C=O) groups is 1. The van der Waals surface area contributed by atoms with Crippen LogP contribution >= 0.6 is 11.6 Å². The lowest BCUT2D eigenvalue weighted by atomic mass is 9.83. The van der Waals surface area contributed by atoms with E-state index in [0.717, 1.165) is 75.1 Å². The van der Waals surface area contributed by atoms with Crippen molar-refractivity contribution in [3.05, 3.63) is 29.4 Å². The molecule has 6 rings (SSSR count). The lowest BCUT2D eigenvalue weighted by molar-refractivity contribution is -0.118. The molecule has 194 valence electrons. The topological polar surface area (TPSA) is 87.2 Å². The molecule has 3 unspecified atom stereocenters. The Hall–Kier alpha value is -1.97. The number of piperazine rings is 1. The van der Waals surface area contributed by atoms with E-state index in [9.17, 15) is 9.90 Å². The number of ether oxygens (including phenoxy) is 2. The van der Waals surface area contributed by atoms with Gasteiger partial charge in [0.1, 0.15) is 11.4 Å². The number of carbonyl (C=O) groups excluding carboxylic acids is 1. The van der Waals surface area contributed by atoms with Crippen LogP contribution in [0.1, 0.15) is 33.1 Å². The van der Waals surface area contributed by atoms with E-state index in [2.05, 4.69) is 33.1 Å². The Bertz CT molecular complexity index is 1180. The quantitative estimate of drug-likeness (QED) is 0.647. The van der Waals surface area contributed by atoms with Crippen LogP contribution in [-0.4, -0.2) is 84.6 Å². The Kier molecular flexibility index (Phi) is 5.96. The molecule has 1 saturated carbocycles. The van der Waals surface area contributed by atoms with Crippen molar-refractivity contribution in [3.63, 3.8) is 0 Å². The molecule has 1 aromatic heterocycles. The Labute approximate surface area is 216 Å². The molecule has 2 N–H and O–H groups in total. The lowest BCUT2D eigenvalue weighted by Gasteiger charge is -2.48. The van der Waals surface area contributed by atoms with Gasteiger partial charge in [0.2, 0.25) is 5.91 Å². The van der Waals surface area contributed by atoms with Gasteiger partial charge in [-0.3, -0.25) is 9.69 Å². The number of rotatable bonds is 4. The number of nitrogens with one attached hydrogen (secondary N) is 1. The molecule has 36 heavy (non-hydrogen) atoms. The summed E-state index contributed by atoms with van der Waals surface area (Å²) in [6, 6.07) is 5.99. The number of pyridine rings is 1. The van der Waals surface area contributed by atoms with Crippen LogP contribution in [0.4, 0.5) is 11.5 Å². The Morgan fingerprint density at radius 3 is 2.53 bits per heavy atom. The molecule has 1 spiro atoms. The minimum atomic E-state index is -0.867. The zero-order chi connectivity index (χ0) is 25.1. The van der Waals surface area contributed by atoms with Crippen molar-refractivity contribution in [2.24, 2.45) is 11.3 Å². The lowest BCUT2D eigenvalue weighted by Crippen LogP contribution is -2.65. The van der Waals surface area contributed by atoms with E-state index in [1.165, 1.54) is 0 Å². The number of fused-ring (bicyclic) bond motifs is 1. The molecule has 1 aromatic carbocycles. The van der Waals surface area contributed by atoms with Gasteiger partial charge in [-0.2, -0.15) is 0 Å². The van der Waals surface area contributed by atoms with E-state index in [4.69, 9.17) is 21.1 Å². The summed E-state index contributed by atoms with van der Waals surface area (Å²) in [5.41, 5.74) is -0.142. The first kappa shape index (κ1) is 24.4. The first-order valence-corrected chi connectivity index (χ1v) is 13.4. The van der Waals surface area contributed by atoms with Crippen LogP contribution in [-0.2, 0) is 14.3 Å². The van der Waals surface area contributed by atoms with Gasteiger partial charge in [0, 0.05) is 56.9 Å². The van der Waals surface area contributed by atoms with Crippen LogP contribution < -0.4 is 10.2 Å². The molecule has 3 saturated heterocycles.